The Hall–Kier alpha value is -1.99. The standard InChI is InChI=1S/C14H14F2N2O2S/c1-17-9-11-12(15)7-8-13(14(11)16)21(19,20)18-10-5-3-2-4-6-10/h2-8,17-18H,9H2,1H3. The second-order valence-electron chi connectivity index (χ2n) is 4.34. The molecular formula is C14H14F2N2O2S. The van der Waals surface area contributed by atoms with Crippen LogP contribution in [0.5, 0.6) is 0 Å². The molecule has 0 heterocycles. The first kappa shape index (κ1) is 15.4. The van der Waals surface area contributed by atoms with E-state index in [1.54, 1.807) is 18.2 Å². The van der Waals surface area contributed by atoms with Crippen LogP contribution >= 0.6 is 0 Å². The van der Waals surface area contributed by atoms with Crippen LogP contribution in [0.2, 0.25) is 0 Å². The Balaban J connectivity index is 2.43. The molecule has 2 N–H and O–H groups in total. The molecule has 0 radical (unpaired) electrons. The molecule has 7 heteroatoms. The Bertz CT molecular complexity index is 734. The van der Waals surface area contributed by atoms with Gasteiger partial charge in [0.05, 0.1) is 0 Å². The Morgan fingerprint density at radius 2 is 1.71 bits per heavy atom. The number of anilines is 1. The first-order valence-electron chi connectivity index (χ1n) is 6.15. The largest absolute Gasteiger partial charge is 0.315 e. The second-order valence-corrected chi connectivity index (χ2v) is 5.99. The van der Waals surface area contributed by atoms with Crippen LogP contribution in [0.25, 0.3) is 0 Å². The van der Waals surface area contributed by atoms with E-state index in [0.29, 0.717) is 5.69 Å². The Kier molecular flexibility index (Phi) is 4.54. The van der Waals surface area contributed by atoms with Crippen molar-refractivity contribution in [2.24, 2.45) is 0 Å². The van der Waals surface area contributed by atoms with E-state index in [1.165, 1.54) is 19.2 Å². The van der Waals surface area contributed by atoms with E-state index in [4.69, 9.17) is 0 Å². The molecule has 0 aromatic heterocycles. The maximum atomic E-state index is 14.2. The topological polar surface area (TPSA) is 58.2 Å². The molecule has 112 valence electrons. The lowest BCUT2D eigenvalue weighted by molar-refractivity contribution is 0.522. The van der Waals surface area contributed by atoms with E-state index < -0.39 is 26.6 Å². The number of halogens is 2. The van der Waals surface area contributed by atoms with Crippen molar-refractivity contribution in [2.45, 2.75) is 11.4 Å². The average molecular weight is 312 g/mol. The fourth-order valence-corrected chi connectivity index (χ4v) is 3.00. The zero-order valence-corrected chi connectivity index (χ0v) is 12.0. The lowest BCUT2D eigenvalue weighted by Crippen LogP contribution is -2.17. The Morgan fingerprint density at radius 3 is 2.33 bits per heavy atom. The van der Waals surface area contributed by atoms with E-state index in [0.717, 1.165) is 12.1 Å². The van der Waals surface area contributed by atoms with Crippen molar-refractivity contribution in [2.75, 3.05) is 11.8 Å². The summed E-state index contributed by atoms with van der Waals surface area (Å²) in [5.41, 5.74) is -0.00942. The molecule has 0 aliphatic carbocycles. The third-order valence-electron chi connectivity index (χ3n) is 2.82. The van der Waals surface area contributed by atoms with Crippen LogP contribution in [0.1, 0.15) is 5.56 Å². The molecule has 0 fully saturated rings. The van der Waals surface area contributed by atoms with Gasteiger partial charge in [-0.25, -0.2) is 17.2 Å². The van der Waals surface area contributed by atoms with Crippen molar-refractivity contribution in [1.82, 2.24) is 5.32 Å². The number of benzene rings is 2. The van der Waals surface area contributed by atoms with Gasteiger partial charge in [0.1, 0.15) is 10.7 Å². The Labute approximate surface area is 121 Å². The highest BCUT2D eigenvalue weighted by Crippen LogP contribution is 2.23. The lowest BCUT2D eigenvalue weighted by atomic mass is 10.2. The second kappa shape index (κ2) is 6.19. The van der Waals surface area contributed by atoms with E-state index >= 15 is 0 Å². The summed E-state index contributed by atoms with van der Waals surface area (Å²) in [6, 6.07) is 9.93. The fourth-order valence-electron chi connectivity index (χ4n) is 1.84. The summed E-state index contributed by atoms with van der Waals surface area (Å²) >= 11 is 0. The number of hydrogen-bond acceptors (Lipinski definition) is 3. The number of rotatable bonds is 5. The minimum Gasteiger partial charge on any atom is -0.315 e. The van der Waals surface area contributed by atoms with Crippen LogP contribution in [0.4, 0.5) is 14.5 Å². The first-order chi connectivity index (χ1) is 9.95. The van der Waals surface area contributed by atoms with Gasteiger partial charge in [0.25, 0.3) is 10.0 Å². The molecule has 0 saturated carbocycles. The highest BCUT2D eigenvalue weighted by atomic mass is 32.2. The predicted molar refractivity (Wildman–Crippen MR) is 76.4 cm³/mol. The molecule has 2 aromatic carbocycles. The molecule has 21 heavy (non-hydrogen) atoms. The van der Waals surface area contributed by atoms with Gasteiger partial charge >= 0.3 is 0 Å². The number of sulfonamides is 1. The molecule has 0 aliphatic rings. The van der Waals surface area contributed by atoms with E-state index in [9.17, 15) is 17.2 Å². The molecule has 0 amide bonds. The normalized spacial score (nSPS) is 11.4. The van der Waals surface area contributed by atoms with Gasteiger partial charge in [-0.15, -0.1) is 0 Å². The summed E-state index contributed by atoms with van der Waals surface area (Å²) in [5.74, 6) is -1.88. The minimum absolute atomic E-state index is 0.105. The average Bonchev–Trinajstić information content (AvgIpc) is 2.43. The first-order valence-corrected chi connectivity index (χ1v) is 7.63. The summed E-state index contributed by atoms with van der Waals surface area (Å²) in [6.45, 7) is -0.105. The molecule has 0 saturated heterocycles. The van der Waals surface area contributed by atoms with E-state index in [2.05, 4.69) is 10.0 Å². The van der Waals surface area contributed by atoms with Crippen molar-refractivity contribution in [3.8, 4) is 0 Å². The maximum absolute atomic E-state index is 14.2. The summed E-state index contributed by atoms with van der Waals surface area (Å²) in [4.78, 5) is -0.585. The molecule has 0 unspecified atom stereocenters. The van der Waals surface area contributed by atoms with Crippen LogP contribution in [-0.2, 0) is 16.6 Å². The maximum Gasteiger partial charge on any atom is 0.264 e. The van der Waals surface area contributed by atoms with Crippen LogP contribution in [0, 0.1) is 11.6 Å². The van der Waals surface area contributed by atoms with Gasteiger partial charge in [0, 0.05) is 17.8 Å². The summed E-state index contributed by atoms with van der Waals surface area (Å²) < 4.78 is 54.4. The molecule has 0 atom stereocenters. The van der Waals surface area contributed by atoms with Gasteiger partial charge in [-0.3, -0.25) is 4.72 Å². The highest BCUT2D eigenvalue weighted by Gasteiger charge is 2.23. The van der Waals surface area contributed by atoms with Gasteiger partial charge in [0.2, 0.25) is 0 Å². The fraction of sp³-hybridized carbons (Fsp3) is 0.143. The highest BCUT2D eigenvalue weighted by molar-refractivity contribution is 7.92. The third kappa shape index (κ3) is 3.37. The third-order valence-corrected chi connectivity index (χ3v) is 4.22. The molecule has 2 rings (SSSR count). The van der Waals surface area contributed by atoms with Crippen LogP contribution < -0.4 is 10.0 Å². The lowest BCUT2D eigenvalue weighted by Gasteiger charge is -2.12. The number of hydrogen-bond donors (Lipinski definition) is 2. The molecule has 0 bridgehead atoms. The van der Waals surface area contributed by atoms with Gasteiger partial charge < -0.3 is 5.32 Å². The summed E-state index contributed by atoms with van der Waals surface area (Å²) in [5, 5.41) is 2.60. The van der Waals surface area contributed by atoms with Gasteiger partial charge in [-0.2, -0.15) is 0 Å². The van der Waals surface area contributed by atoms with E-state index in [1.807, 2.05) is 0 Å². The van der Waals surface area contributed by atoms with Crippen molar-refractivity contribution < 1.29 is 17.2 Å². The Morgan fingerprint density at radius 1 is 1.05 bits per heavy atom. The minimum atomic E-state index is -4.12. The smallest absolute Gasteiger partial charge is 0.264 e. The monoisotopic (exact) mass is 312 g/mol. The molecule has 2 aromatic rings. The molecule has 4 nitrogen and oxygen atoms in total. The molecule has 0 aliphatic heterocycles. The predicted octanol–water partition coefficient (Wildman–Crippen LogP) is 2.49. The van der Waals surface area contributed by atoms with Crippen molar-refractivity contribution >= 4 is 15.7 Å². The SMILES string of the molecule is CNCc1c(F)ccc(S(=O)(=O)Nc2ccccc2)c1F. The summed E-state index contributed by atoms with van der Waals surface area (Å²) in [6.07, 6.45) is 0. The van der Waals surface area contributed by atoms with Crippen molar-refractivity contribution in [1.29, 1.82) is 0 Å². The van der Waals surface area contributed by atoms with Crippen LogP contribution in [0.15, 0.2) is 47.4 Å². The van der Waals surface area contributed by atoms with E-state index in [-0.39, 0.29) is 12.1 Å². The number of nitrogens with one attached hydrogen (secondary N) is 2. The van der Waals surface area contributed by atoms with Gasteiger partial charge in [-0.1, -0.05) is 18.2 Å². The van der Waals surface area contributed by atoms with Crippen LogP contribution in [0.3, 0.4) is 0 Å². The van der Waals surface area contributed by atoms with Crippen LogP contribution in [-0.4, -0.2) is 15.5 Å². The van der Waals surface area contributed by atoms with Crippen molar-refractivity contribution in [3.05, 3.63) is 59.7 Å². The van der Waals surface area contributed by atoms with Crippen molar-refractivity contribution in [3.63, 3.8) is 0 Å². The van der Waals surface area contributed by atoms with Gasteiger partial charge in [0.15, 0.2) is 5.82 Å². The quantitative estimate of drug-likeness (QED) is 0.892. The zero-order chi connectivity index (χ0) is 15.5. The molecular weight excluding hydrogens is 298 g/mol. The summed E-state index contributed by atoms with van der Waals surface area (Å²) in [7, 11) is -2.60. The zero-order valence-electron chi connectivity index (χ0n) is 11.2. The number of para-hydroxylation sites is 1. The molecule has 0 spiro atoms. The van der Waals surface area contributed by atoms with Gasteiger partial charge in [-0.05, 0) is 31.3 Å².